The van der Waals surface area contributed by atoms with Gasteiger partial charge in [-0.2, -0.15) is 36.5 Å². The van der Waals surface area contributed by atoms with Gasteiger partial charge in [0.15, 0.2) is 11.6 Å². The van der Waals surface area contributed by atoms with Gasteiger partial charge in [-0.05, 0) is 123 Å². The molecule has 2 atom stereocenters. The molecule has 0 aliphatic carbocycles. The van der Waals surface area contributed by atoms with Crippen molar-refractivity contribution in [1.29, 1.82) is 0 Å². The number of halogens is 6. The fourth-order valence-corrected chi connectivity index (χ4v) is 8.32. The zero-order valence-corrected chi connectivity index (χ0v) is 36.5. The molecule has 0 amide bonds. The van der Waals surface area contributed by atoms with Crippen molar-refractivity contribution >= 4 is 24.3 Å². The number of imidazole rings is 2. The molecule has 2 aromatic carbocycles. The number of hydrogen-bond acceptors (Lipinski definition) is 8. The summed E-state index contributed by atoms with van der Waals surface area (Å²) >= 11 is 0. The Kier molecular flexibility index (Phi) is 12.3. The topological polar surface area (TPSA) is 163 Å². The van der Waals surface area contributed by atoms with Gasteiger partial charge in [-0.1, -0.05) is 24.3 Å². The molecule has 20 heteroatoms. The van der Waals surface area contributed by atoms with Gasteiger partial charge in [-0.15, -0.1) is 0 Å². The highest BCUT2D eigenvalue weighted by Gasteiger charge is 2.33. The van der Waals surface area contributed by atoms with E-state index in [1.165, 1.54) is 24.3 Å². The fourth-order valence-electron chi connectivity index (χ4n) is 8.32. The number of benzene rings is 2. The molecule has 8 aromatic rings. The van der Waals surface area contributed by atoms with Crippen LogP contribution in [0.25, 0.3) is 35.7 Å². The molecule has 10 rings (SSSR count). The Morgan fingerprint density at radius 1 is 0.559 bits per heavy atom. The molecule has 0 unspecified atom stereocenters. The molecule has 0 spiro atoms. The minimum Gasteiger partial charge on any atom is -0.321 e. The quantitative estimate of drug-likeness (QED) is 0.143. The van der Waals surface area contributed by atoms with Gasteiger partial charge in [0.2, 0.25) is 0 Å². The number of aromatic nitrogens is 12. The number of alkyl halides is 6. The zero-order chi connectivity index (χ0) is 47.7. The third-order valence-corrected chi connectivity index (χ3v) is 11.7. The number of fused-ring (bicyclic) bond motifs is 2. The molecular weight excluding hydrogens is 891 g/mol. The van der Waals surface area contributed by atoms with Gasteiger partial charge in [-0.25, -0.2) is 29.3 Å². The van der Waals surface area contributed by atoms with Gasteiger partial charge in [-0.3, -0.25) is 9.59 Å². The minimum absolute atomic E-state index is 0.122. The lowest BCUT2D eigenvalue weighted by atomic mass is 9.90. The highest BCUT2D eigenvalue weighted by atomic mass is 19.4. The van der Waals surface area contributed by atoms with Crippen molar-refractivity contribution in [2.45, 2.75) is 76.8 Å². The predicted molar refractivity (Wildman–Crippen MR) is 241 cm³/mol. The summed E-state index contributed by atoms with van der Waals surface area (Å²) in [5, 5.41) is 9.05. The standard InChI is InChI=1S/2C24H21F3N6O/c2*1-15-13-32(14-28-15)20-10-8-18(29-23(20)34)9-11-21-30-22-19(3-2-12-33(22)31-21)16-4-6-17(7-5-16)24(25,26)27/h2*4-11,13-14,19H,2-3,12H2,1H3,(H,29,34)/b2*11-9+/t2*19-/m10/s1. The molecule has 6 aromatic heterocycles. The van der Waals surface area contributed by atoms with E-state index in [1.807, 2.05) is 13.8 Å². The summed E-state index contributed by atoms with van der Waals surface area (Å²) in [4.78, 5) is 48.1. The van der Waals surface area contributed by atoms with E-state index >= 15 is 0 Å². The van der Waals surface area contributed by atoms with E-state index in [1.54, 1.807) is 92.1 Å². The summed E-state index contributed by atoms with van der Waals surface area (Å²) in [7, 11) is 0. The third kappa shape index (κ3) is 9.93. The first-order valence-corrected chi connectivity index (χ1v) is 21.6. The average molecular weight is 933 g/mol. The smallest absolute Gasteiger partial charge is 0.321 e. The molecule has 0 saturated heterocycles. The summed E-state index contributed by atoms with van der Waals surface area (Å²) in [5.41, 5.74) is 3.48. The Labute approximate surface area is 383 Å². The number of pyridine rings is 2. The van der Waals surface area contributed by atoms with E-state index in [4.69, 9.17) is 0 Å². The van der Waals surface area contributed by atoms with Crippen LogP contribution >= 0.6 is 0 Å². The number of nitrogens with zero attached hydrogens (tertiary/aromatic N) is 10. The van der Waals surface area contributed by atoms with Crippen LogP contribution in [0.4, 0.5) is 26.3 Å². The van der Waals surface area contributed by atoms with E-state index < -0.39 is 23.5 Å². The number of rotatable bonds is 8. The molecule has 0 saturated carbocycles. The molecule has 0 fully saturated rings. The Balaban J connectivity index is 0.000000170. The van der Waals surface area contributed by atoms with Crippen LogP contribution in [-0.2, 0) is 25.4 Å². The highest BCUT2D eigenvalue weighted by Crippen LogP contribution is 2.37. The first-order valence-electron chi connectivity index (χ1n) is 21.6. The van der Waals surface area contributed by atoms with Gasteiger partial charge >= 0.3 is 12.4 Å². The predicted octanol–water partition coefficient (Wildman–Crippen LogP) is 9.15. The maximum Gasteiger partial charge on any atom is 0.416 e. The minimum atomic E-state index is -4.36. The fraction of sp³-hybridized carbons (Fsp3) is 0.250. The summed E-state index contributed by atoms with van der Waals surface area (Å²) in [6.45, 7) is 5.09. The van der Waals surface area contributed by atoms with Crippen LogP contribution in [-0.4, -0.2) is 58.6 Å². The second-order valence-electron chi connectivity index (χ2n) is 16.5. The SMILES string of the molecule is Cc1cn(-c2ccc(/C=C/c3nc4n(n3)CCC[C@@H]4c3ccc(C(F)(F)F)cc3)[nH]c2=O)cn1.Cc1cn(-c2ccc(/C=C/c3nc4n(n3)CCC[C@H]4c3ccc(C(F)(F)F)cc3)[nH]c2=O)cn1. The van der Waals surface area contributed by atoms with Gasteiger partial charge in [0, 0.05) is 48.7 Å². The van der Waals surface area contributed by atoms with Crippen molar-refractivity contribution in [2.24, 2.45) is 0 Å². The lowest BCUT2D eigenvalue weighted by molar-refractivity contribution is -0.138. The van der Waals surface area contributed by atoms with Crippen LogP contribution in [0, 0.1) is 13.8 Å². The second-order valence-corrected chi connectivity index (χ2v) is 16.5. The van der Waals surface area contributed by atoms with Crippen LogP contribution in [0.2, 0.25) is 0 Å². The van der Waals surface area contributed by atoms with E-state index in [-0.39, 0.29) is 23.0 Å². The zero-order valence-electron chi connectivity index (χ0n) is 36.5. The summed E-state index contributed by atoms with van der Waals surface area (Å²) in [6, 6.07) is 17.5. The number of hydrogen-bond donors (Lipinski definition) is 2. The lowest BCUT2D eigenvalue weighted by Gasteiger charge is -2.22. The number of aryl methyl sites for hydroxylation is 4. The average Bonchev–Trinajstić information content (AvgIpc) is 4.14. The highest BCUT2D eigenvalue weighted by molar-refractivity contribution is 5.65. The summed E-state index contributed by atoms with van der Waals surface area (Å²) in [5.74, 6) is 2.16. The molecule has 14 nitrogen and oxygen atoms in total. The van der Waals surface area contributed by atoms with Crippen molar-refractivity contribution < 1.29 is 26.3 Å². The van der Waals surface area contributed by atoms with E-state index in [0.29, 0.717) is 47.5 Å². The van der Waals surface area contributed by atoms with Gasteiger partial charge in [0.05, 0.1) is 35.2 Å². The Bertz CT molecular complexity index is 3040. The number of nitrogens with one attached hydrogen (secondary N) is 2. The van der Waals surface area contributed by atoms with Crippen molar-refractivity contribution in [2.75, 3.05) is 0 Å². The summed E-state index contributed by atoms with van der Waals surface area (Å²) < 4.78 is 84.3. The normalized spacial score (nSPS) is 16.2. The van der Waals surface area contributed by atoms with Crippen LogP contribution in [0.5, 0.6) is 0 Å². The van der Waals surface area contributed by atoms with Gasteiger partial charge < -0.3 is 19.1 Å². The molecule has 2 aliphatic rings. The molecule has 348 valence electrons. The molecular formula is C48H42F6N12O2. The second kappa shape index (κ2) is 18.4. The van der Waals surface area contributed by atoms with Crippen molar-refractivity contribution in [3.05, 3.63) is 187 Å². The van der Waals surface area contributed by atoms with Crippen LogP contribution < -0.4 is 11.1 Å². The number of aromatic amines is 2. The lowest BCUT2D eigenvalue weighted by Crippen LogP contribution is -2.18. The molecule has 2 N–H and O–H groups in total. The summed E-state index contributed by atoms with van der Waals surface area (Å²) in [6.07, 6.45) is 8.14. The maximum absolute atomic E-state index is 12.9. The van der Waals surface area contributed by atoms with Crippen LogP contribution in [0.1, 0.15) is 106 Å². The van der Waals surface area contributed by atoms with E-state index in [0.717, 1.165) is 84.1 Å². The van der Waals surface area contributed by atoms with E-state index in [9.17, 15) is 35.9 Å². The van der Waals surface area contributed by atoms with Crippen LogP contribution in [0.3, 0.4) is 0 Å². The Morgan fingerprint density at radius 3 is 1.29 bits per heavy atom. The van der Waals surface area contributed by atoms with E-state index in [2.05, 4.69) is 40.1 Å². The Morgan fingerprint density at radius 2 is 0.956 bits per heavy atom. The monoisotopic (exact) mass is 932 g/mol. The Hall–Kier alpha value is -7.90. The van der Waals surface area contributed by atoms with Crippen molar-refractivity contribution in [1.82, 2.24) is 58.6 Å². The van der Waals surface area contributed by atoms with Gasteiger partial charge in [0.25, 0.3) is 11.1 Å². The molecule has 2 aliphatic heterocycles. The number of H-pyrrole nitrogens is 2. The molecule has 0 bridgehead atoms. The van der Waals surface area contributed by atoms with Crippen LogP contribution in [0.15, 0.2) is 107 Å². The third-order valence-electron chi connectivity index (χ3n) is 11.7. The maximum atomic E-state index is 12.9. The molecule has 0 radical (unpaired) electrons. The molecule has 8 heterocycles. The van der Waals surface area contributed by atoms with Gasteiger partial charge in [0.1, 0.15) is 23.0 Å². The van der Waals surface area contributed by atoms with Crippen molar-refractivity contribution in [3.8, 4) is 11.4 Å². The van der Waals surface area contributed by atoms with Crippen molar-refractivity contribution in [3.63, 3.8) is 0 Å². The first-order chi connectivity index (χ1) is 32.6. The molecule has 68 heavy (non-hydrogen) atoms. The first kappa shape index (κ1) is 45.3. The largest absolute Gasteiger partial charge is 0.416 e.